The summed E-state index contributed by atoms with van der Waals surface area (Å²) < 4.78 is 0. The Hall–Kier alpha value is -0.940. The highest BCUT2D eigenvalue weighted by molar-refractivity contribution is 4.91. The Labute approximate surface area is 97.4 Å². The standard InChI is InChI=1S/C11H23N5/c1-3-16(4-2)9-7-11-13-10(14-15-11)6-5-8-12/h3-9,12H2,1-2H3,(H,13,14,15). The van der Waals surface area contributed by atoms with Crippen molar-refractivity contribution in [2.24, 2.45) is 5.73 Å². The summed E-state index contributed by atoms with van der Waals surface area (Å²) in [5, 5.41) is 7.17. The molecule has 0 bridgehead atoms. The summed E-state index contributed by atoms with van der Waals surface area (Å²) in [5.74, 6) is 1.87. The van der Waals surface area contributed by atoms with Gasteiger partial charge >= 0.3 is 0 Å². The van der Waals surface area contributed by atoms with Gasteiger partial charge in [0.05, 0.1) is 0 Å². The number of nitrogens with zero attached hydrogens (tertiary/aromatic N) is 3. The first-order valence-corrected chi connectivity index (χ1v) is 6.12. The van der Waals surface area contributed by atoms with Crippen molar-refractivity contribution in [1.29, 1.82) is 0 Å². The van der Waals surface area contributed by atoms with Gasteiger partial charge in [0, 0.05) is 19.4 Å². The number of likely N-dealkylation sites (N-methyl/N-ethyl adjacent to an activating group) is 1. The minimum absolute atomic E-state index is 0.704. The molecule has 0 aromatic carbocycles. The van der Waals surface area contributed by atoms with E-state index in [-0.39, 0.29) is 0 Å². The molecule has 3 N–H and O–H groups in total. The number of H-pyrrole nitrogens is 1. The van der Waals surface area contributed by atoms with Crippen molar-refractivity contribution in [3.63, 3.8) is 0 Å². The molecule has 16 heavy (non-hydrogen) atoms. The Balaban J connectivity index is 2.33. The molecule has 5 nitrogen and oxygen atoms in total. The van der Waals surface area contributed by atoms with Gasteiger partial charge in [-0.15, -0.1) is 0 Å². The quantitative estimate of drug-likeness (QED) is 0.679. The van der Waals surface area contributed by atoms with Gasteiger partial charge in [-0.2, -0.15) is 5.10 Å². The summed E-state index contributed by atoms with van der Waals surface area (Å²) in [6.07, 6.45) is 2.78. The fourth-order valence-corrected chi connectivity index (χ4v) is 1.63. The summed E-state index contributed by atoms with van der Waals surface area (Å²) in [6.45, 7) is 8.25. The van der Waals surface area contributed by atoms with Gasteiger partial charge in [-0.05, 0) is 26.1 Å². The summed E-state index contributed by atoms with van der Waals surface area (Å²) in [7, 11) is 0. The lowest BCUT2D eigenvalue weighted by Gasteiger charge is -2.16. The van der Waals surface area contributed by atoms with Crippen molar-refractivity contribution < 1.29 is 0 Å². The molecule has 0 atom stereocenters. The summed E-state index contributed by atoms with van der Waals surface area (Å²) >= 11 is 0. The smallest absolute Gasteiger partial charge is 0.151 e. The first kappa shape index (κ1) is 13.1. The van der Waals surface area contributed by atoms with Gasteiger partial charge in [-0.25, -0.2) is 4.98 Å². The number of aromatic nitrogens is 3. The lowest BCUT2D eigenvalue weighted by atomic mass is 10.3. The predicted octanol–water partition coefficient (Wildman–Crippen LogP) is 0.580. The van der Waals surface area contributed by atoms with Crippen LogP contribution in [0.4, 0.5) is 0 Å². The molecule has 0 saturated heterocycles. The molecule has 5 heteroatoms. The SMILES string of the molecule is CCN(CC)CCc1n[nH]c(CCCN)n1. The summed E-state index contributed by atoms with van der Waals surface area (Å²) in [5.41, 5.74) is 5.45. The Kier molecular flexibility index (Phi) is 6.03. The second-order valence-corrected chi connectivity index (χ2v) is 3.87. The van der Waals surface area contributed by atoms with Crippen LogP contribution in [-0.4, -0.2) is 46.3 Å². The molecule has 0 saturated carbocycles. The van der Waals surface area contributed by atoms with E-state index in [1.807, 2.05) is 0 Å². The molecule has 0 spiro atoms. The zero-order valence-corrected chi connectivity index (χ0v) is 10.4. The van der Waals surface area contributed by atoms with Crippen molar-refractivity contribution >= 4 is 0 Å². The maximum Gasteiger partial charge on any atom is 0.151 e. The van der Waals surface area contributed by atoms with Crippen LogP contribution >= 0.6 is 0 Å². The van der Waals surface area contributed by atoms with Gasteiger partial charge in [-0.3, -0.25) is 5.10 Å². The number of hydrogen-bond donors (Lipinski definition) is 2. The third kappa shape index (κ3) is 4.28. The molecule has 0 aliphatic rings. The number of nitrogens with one attached hydrogen (secondary N) is 1. The van der Waals surface area contributed by atoms with Crippen LogP contribution in [0.2, 0.25) is 0 Å². The van der Waals surface area contributed by atoms with Crippen molar-refractivity contribution in [3.05, 3.63) is 11.6 Å². The zero-order chi connectivity index (χ0) is 11.8. The van der Waals surface area contributed by atoms with Gasteiger partial charge in [0.25, 0.3) is 0 Å². The molecule has 0 aliphatic heterocycles. The van der Waals surface area contributed by atoms with E-state index in [1.54, 1.807) is 0 Å². The molecule has 0 aliphatic carbocycles. The molecule has 1 aromatic rings. The Bertz CT molecular complexity index is 280. The molecule has 0 radical (unpaired) electrons. The van der Waals surface area contributed by atoms with Crippen molar-refractivity contribution in [2.75, 3.05) is 26.2 Å². The highest BCUT2D eigenvalue weighted by Gasteiger charge is 2.05. The van der Waals surface area contributed by atoms with E-state index >= 15 is 0 Å². The Morgan fingerprint density at radius 1 is 1.25 bits per heavy atom. The van der Waals surface area contributed by atoms with Crippen LogP contribution < -0.4 is 5.73 Å². The molecular formula is C11H23N5. The zero-order valence-electron chi connectivity index (χ0n) is 10.4. The lowest BCUT2D eigenvalue weighted by molar-refractivity contribution is 0.306. The summed E-state index contributed by atoms with van der Waals surface area (Å²) in [4.78, 5) is 6.81. The largest absolute Gasteiger partial charge is 0.330 e. The number of hydrogen-bond acceptors (Lipinski definition) is 4. The molecule has 0 amide bonds. The third-order valence-electron chi connectivity index (χ3n) is 2.74. The molecule has 1 heterocycles. The van der Waals surface area contributed by atoms with Gasteiger partial charge in [-0.1, -0.05) is 13.8 Å². The summed E-state index contributed by atoms with van der Waals surface area (Å²) in [6, 6.07) is 0. The highest BCUT2D eigenvalue weighted by atomic mass is 15.2. The fourth-order valence-electron chi connectivity index (χ4n) is 1.63. The average molecular weight is 225 g/mol. The molecule has 0 fully saturated rings. The minimum atomic E-state index is 0.704. The molecule has 1 rings (SSSR count). The Morgan fingerprint density at radius 3 is 2.62 bits per heavy atom. The minimum Gasteiger partial charge on any atom is -0.330 e. The van der Waals surface area contributed by atoms with Crippen molar-refractivity contribution in [2.45, 2.75) is 33.1 Å². The first-order chi connectivity index (χ1) is 7.80. The van der Waals surface area contributed by atoms with Crippen LogP contribution in [-0.2, 0) is 12.8 Å². The van der Waals surface area contributed by atoms with Crippen molar-refractivity contribution in [3.8, 4) is 0 Å². The van der Waals surface area contributed by atoms with E-state index in [1.165, 1.54) is 0 Å². The van der Waals surface area contributed by atoms with Crippen molar-refractivity contribution in [1.82, 2.24) is 20.1 Å². The van der Waals surface area contributed by atoms with Crippen LogP contribution in [0.3, 0.4) is 0 Å². The van der Waals surface area contributed by atoms with E-state index < -0.39 is 0 Å². The monoisotopic (exact) mass is 225 g/mol. The highest BCUT2D eigenvalue weighted by Crippen LogP contribution is 1.98. The van der Waals surface area contributed by atoms with E-state index in [2.05, 4.69) is 33.9 Å². The number of aromatic amines is 1. The fraction of sp³-hybridized carbons (Fsp3) is 0.818. The molecule has 0 unspecified atom stereocenters. The van der Waals surface area contributed by atoms with E-state index in [0.29, 0.717) is 6.54 Å². The second-order valence-electron chi connectivity index (χ2n) is 3.87. The van der Waals surface area contributed by atoms with Crippen LogP contribution in [0.15, 0.2) is 0 Å². The molecular weight excluding hydrogens is 202 g/mol. The van der Waals surface area contributed by atoms with E-state index in [4.69, 9.17) is 5.73 Å². The van der Waals surface area contributed by atoms with Gasteiger partial charge < -0.3 is 10.6 Å². The van der Waals surface area contributed by atoms with Crippen LogP contribution in [0.1, 0.15) is 31.9 Å². The van der Waals surface area contributed by atoms with Crippen LogP contribution in [0.25, 0.3) is 0 Å². The topological polar surface area (TPSA) is 70.8 Å². The predicted molar refractivity (Wildman–Crippen MR) is 65.3 cm³/mol. The van der Waals surface area contributed by atoms with E-state index in [9.17, 15) is 0 Å². The molecule has 92 valence electrons. The molecule has 1 aromatic heterocycles. The second kappa shape index (κ2) is 7.35. The normalized spacial score (nSPS) is 11.2. The van der Waals surface area contributed by atoms with Crippen LogP contribution in [0, 0.1) is 0 Å². The number of rotatable bonds is 8. The van der Waals surface area contributed by atoms with Gasteiger partial charge in [0.2, 0.25) is 0 Å². The first-order valence-electron chi connectivity index (χ1n) is 6.12. The maximum absolute atomic E-state index is 5.45. The third-order valence-corrected chi connectivity index (χ3v) is 2.74. The van der Waals surface area contributed by atoms with Gasteiger partial charge in [0.1, 0.15) is 5.82 Å². The van der Waals surface area contributed by atoms with Crippen LogP contribution in [0.5, 0.6) is 0 Å². The average Bonchev–Trinajstić information content (AvgIpc) is 2.76. The Morgan fingerprint density at radius 2 is 2.00 bits per heavy atom. The number of aryl methyl sites for hydroxylation is 1. The lowest BCUT2D eigenvalue weighted by Crippen LogP contribution is -2.25. The van der Waals surface area contributed by atoms with Gasteiger partial charge in [0.15, 0.2) is 5.82 Å². The number of nitrogens with two attached hydrogens (primary N) is 1. The van der Waals surface area contributed by atoms with E-state index in [0.717, 1.165) is 50.5 Å². The maximum atomic E-state index is 5.45.